The van der Waals surface area contributed by atoms with Gasteiger partial charge in [-0.3, -0.25) is 19.0 Å². The van der Waals surface area contributed by atoms with Gasteiger partial charge < -0.3 is 20.9 Å². The third-order valence-electron chi connectivity index (χ3n) is 4.11. The minimum Gasteiger partial charge on any atom is -0.398 e. The first-order valence-corrected chi connectivity index (χ1v) is 9.06. The molecule has 0 saturated heterocycles. The summed E-state index contributed by atoms with van der Waals surface area (Å²) in [6.07, 6.45) is 3.88. The smallest absolute Gasteiger partial charge is 0.330 e. The summed E-state index contributed by atoms with van der Waals surface area (Å²) in [6.45, 7) is 1.90. The first-order valence-electron chi connectivity index (χ1n) is 8.68. The number of hydrogen-bond donors (Lipinski definition) is 3. The van der Waals surface area contributed by atoms with Crippen molar-refractivity contribution in [3.05, 3.63) is 67.5 Å². The largest absolute Gasteiger partial charge is 0.398 e. The third-order valence-corrected chi connectivity index (χ3v) is 4.44. The highest BCUT2D eigenvalue weighted by molar-refractivity contribution is 6.33. The molecule has 0 radical (unpaired) electrons. The Morgan fingerprint density at radius 2 is 1.97 bits per heavy atom. The molecular formula is C19H22ClN5O4. The Balaban J connectivity index is 1.92. The highest BCUT2D eigenvalue weighted by Gasteiger charge is 2.12. The lowest BCUT2D eigenvalue weighted by Crippen LogP contribution is -2.41. The molecule has 0 saturated carbocycles. The highest BCUT2D eigenvalue weighted by atomic mass is 35.5. The molecule has 9 nitrogen and oxygen atoms in total. The van der Waals surface area contributed by atoms with E-state index in [0.29, 0.717) is 11.3 Å². The van der Waals surface area contributed by atoms with Crippen molar-refractivity contribution in [2.24, 2.45) is 14.1 Å². The number of rotatable bonds is 6. The molecule has 2 amide bonds. The lowest BCUT2D eigenvalue weighted by molar-refractivity contribution is -0.116. The van der Waals surface area contributed by atoms with Gasteiger partial charge in [-0.15, -0.1) is 0 Å². The van der Waals surface area contributed by atoms with Crippen molar-refractivity contribution in [1.29, 1.82) is 0 Å². The van der Waals surface area contributed by atoms with E-state index in [2.05, 4.69) is 10.6 Å². The molecule has 1 heterocycles. The molecule has 4 N–H and O–H groups in total. The van der Waals surface area contributed by atoms with E-state index in [1.165, 1.54) is 49.1 Å². The summed E-state index contributed by atoms with van der Waals surface area (Å²) in [5.74, 6) is -0.796. The van der Waals surface area contributed by atoms with Crippen LogP contribution in [0, 0.1) is 0 Å². The van der Waals surface area contributed by atoms with Crippen molar-refractivity contribution >= 4 is 35.2 Å². The Bertz CT molecular complexity index is 1090. The normalized spacial score (nSPS) is 12.0. The SMILES string of the molecule is CC(CNC(=O)/C=C/c1cn(C)c(=O)n(C)c1=O)NC(=O)c1ccc(N)c(Cl)c1. The summed E-state index contributed by atoms with van der Waals surface area (Å²) in [5, 5.41) is 5.65. The van der Waals surface area contributed by atoms with Gasteiger partial charge in [0.15, 0.2) is 0 Å². The summed E-state index contributed by atoms with van der Waals surface area (Å²) in [5.41, 5.74) is 5.60. The van der Waals surface area contributed by atoms with Crippen molar-refractivity contribution in [3.63, 3.8) is 0 Å². The van der Waals surface area contributed by atoms with Crippen LogP contribution in [0.5, 0.6) is 0 Å². The molecule has 29 heavy (non-hydrogen) atoms. The summed E-state index contributed by atoms with van der Waals surface area (Å²) in [4.78, 5) is 47.9. The third kappa shape index (κ3) is 5.58. The van der Waals surface area contributed by atoms with Crippen LogP contribution in [0.4, 0.5) is 5.69 Å². The second kappa shape index (κ2) is 9.24. The summed E-state index contributed by atoms with van der Waals surface area (Å²) in [6, 6.07) is 4.20. The van der Waals surface area contributed by atoms with Crippen LogP contribution < -0.4 is 27.6 Å². The van der Waals surface area contributed by atoms with Crippen molar-refractivity contribution in [3.8, 4) is 0 Å². The highest BCUT2D eigenvalue weighted by Crippen LogP contribution is 2.19. The van der Waals surface area contributed by atoms with Crippen LogP contribution in [0.15, 0.2) is 40.1 Å². The Morgan fingerprint density at radius 3 is 2.62 bits per heavy atom. The minimum absolute atomic E-state index is 0.170. The molecule has 1 aromatic carbocycles. The van der Waals surface area contributed by atoms with E-state index in [-0.39, 0.29) is 29.1 Å². The van der Waals surface area contributed by atoms with Crippen LogP contribution in [0.3, 0.4) is 0 Å². The van der Waals surface area contributed by atoms with E-state index in [4.69, 9.17) is 17.3 Å². The molecule has 0 aliphatic carbocycles. The Morgan fingerprint density at radius 1 is 1.28 bits per heavy atom. The second-order valence-electron chi connectivity index (χ2n) is 6.53. The predicted molar refractivity (Wildman–Crippen MR) is 112 cm³/mol. The van der Waals surface area contributed by atoms with Crippen LogP contribution in [0.25, 0.3) is 6.08 Å². The van der Waals surface area contributed by atoms with Gasteiger partial charge in [0.2, 0.25) is 5.91 Å². The van der Waals surface area contributed by atoms with Gasteiger partial charge in [-0.05, 0) is 31.2 Å². The summed E-state index contributed by atoms with van der Waals surface area (Å²) in [7, 11) is 2.87. The van der Waals surface area contributed by atoms with Gasteiger partial charge in [0.05, 0.1) is 16.3 Å². The number of nitrogen functional groups attached to an aromatic ring is 1. The van der Waals surface area contributed by atoms with E-state index in [1.54, 1.807) is 13.0 Å². The number of aryl methyl sites for hydroxylation is 1. The standard InChI is InChI=1S/C19H22ClN5O4/c1-11(23-17(27)12-4-6-15(21)14(20)8-12)9-22-16(26)7-5-13-10-24(2)19(29)25(3)18(13)28/h4-8,10-11H,9,21H2,1-3H3,(H,22,26)(H,23,27)/b7-5+. The molecule has 0 spiro atoms. The quantitative estimate of drug-likeness (QED) is 0.457. The molecule has 0 bridgehead atoms. The number of hydrogen-bond acceptors (Lipinski definition) is 5. The Hall–Kier alpha value is -3.33. The van der Waals surface area contributed by atoms with E-state index < -0.39 is 17.2 Å². The molecule has 1 aromatic heterocycles. The number of anilines is 1. The van der Waals surface area contributed by atoms with E-state index in [9.17, 15) is 19.2 Å². The average Bonchev–Trinajstić information content (AvgIpc) is 2.68. The van der Waals surface area contributed by atoms with Gasteiger partial charge in [-0.1, -0.05) is 11.6 Å². The average molecular weight is 420 g/mol. The van der Waals surface area contributed by atoms with Crippen molar-refractivity contribution in [2.45, 2.75) is 13.0 Å². The lowest BCUT2D eigenvalue weighted by Gasteiger charge is -2.14. The zero-order valence-corrected chi connectivity index (χ0v) is 17.0. The summed E-state index contributed by atoms with van der Waals surface area (Å²) >= 11 is 5.91. The molecule has 10 heteroatoms. The van der Waals surface area contributed by atoms with Crippen molar-refractivity contribution < 1.29 is 9.59 Å². The number of benzene rings is 1. The maximum atomic E-state index is 12.2. The molecule has 0 aliphatic heterocycles. The zero-order valence-electron chi connectivity index (χ0n) is 16.2. The van der Waals surface area contributed by atoms with Crippen molar-refractivity contribution in [2.75, 3.05) is 12.3 Å². The maximum Gasteiger partial charge on any atom is 0.330 e. The van der Waals surface area contributed by atoms with Gasteiger partial charge in [0.25, 0.3) is 11.5 Å². The molecule has 0 aliphatic rings. The molecule has 0 fully saturated rings. The van der Waals surface area contributed by atoms with Crippen LogP contribution in [0.1, 0.15) is 22.8 Å². The topological polar surface area (TPSA) is 128 Å². The van der Waals surface area contributed by atoms with Crippen LogP contribution >= 0.6 is 11.6 Å². The fourth-order valence-corrected chi connectivity index (χ4v) is 2.64. The molecule has 2 aromatic rings. The monoisotopic (exact) mass is 419 g/mol. The van der Waals surface area contributed by atoms with E-state index in [1.807, 2.05) is 0 Å². The molecular weight excluding hydrogens is 398 g/mol. The minimum atomic E-state index is -0.500. The number of carbonyl (C=O) groups excluding carboxylic acids is 2. The fourth-order valence-electron chi connectivity index (χ4n) is 2.46. The van der Waals surface area contributed by atoms with Crippen molar-refractivity contribution in [1.82, 2.24) is 19.8 Å². The van der Waals surface area contributed by atoms with Gasteiger partial charge >= 0.3 is 5.69 Å². The Kier molecular flexibility index (Phi) is 7.00. The summed E-state index contributed by atoms with van der Waals surface area (Å²) < 4.78 is 2.21. The lowest BCUT2D eigenvalue weighted by atomic mass is 10.2. The number of nitrogens with one attached hydrogen (secondary N) is 2. The van der Waals surface area contributed by atoms with Gasteiger partial charge in [0, 0.05) is 44.5 Å². The van der Waals surface area contributed by atoms with Crippen LogP contribution in [-0.2, 0) is 18.9 Å². The number of nitrogens with two attached hydrogens (primary N) is 1. The number of carbonyl (C=O) groups is 2. The molecule has 1 atom stereocenters. The number of nitrogens with zero attached hydrogens (tertiary/aromatic N) is 2. The predicted octanol–water partition coefficient (Wildman–Crippen LogP) is 0.268. The van der Waals surface area contributed by atoms with Crippen LogP contribution in [-0.4, -0.2) is 33.5 Å². The van der Waals surface area contributed by atoms with Gasteiger partial charge in [-0.2, -0.15) is 0 Å². The molecule has 1 unspecified atom stereocenters. The number of aromatic nitrogens is 2. The second-order valence-corrected chi connectivity index (χ2v) is 6.94. The van der Waals surface area contributed by atoms with E-state index >= 15 is 0 Å². The maximum absolute atomic E-state index is 12.2. The number of halogens is 1. The number of amides is 2. The first-order chi connectivity index (χ1) is 13.6. The first kappa shape index (κ1) is 22.0. The zero-order chi connectivity index (χ0) is 21.7. The van der Waals surface area contributed by atoms with E-state index in [0.717, 1.165) is 4.57 Å². The molecule has 2 rings (SSSR count). The fraction of sp³-hybridized carbons (Fsp3) is 0.263. The molecule has 154 valence electrons. The van der Waals surface area contributed by atoms with Crippen LogP contribution in [0.2, 0.25) is 5.02 Å². The van der Waals surface area contributed by atoms with Gasteiger partial charge in [-0.25, -0.2) is 4.79 Å². The Labute approximate surface area is 171 Å². The van der Waals surface area contributed by atoms with Gasteiger partial charge in [0.1, 0.15) is 0 Å².